The highest BCUT2D eigenvalue weighted by Gasteiger charge is 2.26. The van der Waals surface area contributed by atoms with Crippen molar-refractivity contribution in [2.75, 3.05) is 6.61 Å². The quantitative estimate of drug-likeness (QED) is 0.698. The first-order valence-electron chi connectivity index (χ1n) is 9.83. The minimum Gasteiger partial charge on any atom is -0.462 e. The van der Waals surface area contributed by atoms with Crippen LogP contribution in [0.2, 0.25) is 0 Å². The molecule has 1 aliphatic carbocycles. The Labute approximate surface area is 166 Å². The van der Waals surface area contributed by atoms with Crippen molar-refractivity contribution >= 4 is 18.0 Å². The van der Waals surface area contributed by atoms with Crippen molar-refractivity contribution in [2.24, 2.45) is 0 Å². The van der Waals surface area contributed by atoms with Crippen molar-refractivity contribution in [2.45, 2.75) is 71.1 Å². The normalized spacial score (nSPS) is 20.0. The molecular weight excluding hydrogens is 360 g/mol. The summed E-state index contributed by atoms with van der Waals surface area (Å²) in [6, 6.07) is 7.37. The molecule has 1 atom stereocenters. The van der Waals surface area contributed by atoms with Crippen LogP contribution in [0.15, 0.2) is 24.3 Å². The van der Waals surface area contributed by atoms with Gasteiger partial charge in [0.2, 0.25) is 5.91 Å². The van der Waals surface area contributed by atoms with E-state index in [2.05, 4.69) is 10.6 Å². The van der Waals surface area contributed by atoms with Gasteiger partial charge in [0.1, 0.15) is 6.10 Å². The molecule has 0 aliphatic heterocycles. The summed E-state index contributed by atoms with van der Waals surface area (Å²) in [6.07, 6.45) is 2.39. The van der Waals surface area contributed by atoms with Crippen LogP contribution >= 0.6 is 0 Å². The predicted octanol–water partition coefficient (Wildman–Crippen LogP) is 3.16. The zero-order valence-corrected chi connectivity index (χ0v) is 16.8. The zero-order valence-electron chi connectivity index (χ0n) is 16.8. The molecule has 154 valence electrons. The smallest absolute Gasteiger partial charge is 0.407 e. The fourth-order valence-corrected chi connectivity index (χ4v) is 3.36. The van der Waals surface area contributed by atoms with E-state index in [4.69, 9.17) is 9.47 Å². The number of hydrogen-bond donors (Lipinski definition) is 2. The van der Waals surface area contributed by atoms with E-state index in [0.717, 1.165) is 24.0 Å². The van der Waals surface area contributed by atoms with Crippen molar-refractivity contribution in [3.63, 3.8) is 0 Å². The Morgan fingerprint density at radius 2 is 1.75 bits per heavy atom. The summed E-state index contributed by atoms with van der Waals surface area (Å²) in [6.45, 7) is 5.53. The molecule has 1 fully saturated rings. The topological polar surface area (TPSA) is 93.7 Å². The van der Waals surface area contributed by atoms with Crippen molar-refractivity contribution in [1.29, 1.82) is 0 Å². The van der Waals surface area contributed by atoms with Gasteiger partial charge in [-0.25, -0.2) is 4.79 Å². The Hall–Kier alpha value is -2.57. The van der Waals surface area contributed by atoms with Crippen LogP contribution in [-0.2, 0) is 19.1 Å². The first-order valence-corrected chi connectivity index (χ1v) is 9.83. The third-order valence-corrected chi connectivity index (χ3v) is 4.80. The summed E-state index contributed by atoms with van der Waals surface area (Å²) < 4.78 is 10.5. The first kappa shape index (κ1) is 21.7. The predicted molar refractivity (Wildman–Crippen MR) is 105 cm³/mol. The maximum Gasteiger partial charge on any atom is 0.407 e. The number of benzene rings is 1. The van der Waals surface area contributed by atoms with E-state index < -0.39 is 12.1 Å². The van der Waals surface area contributed by atoms with Crippen LogP contribution in [0.4, 0.5) is 4.79 Å². The van der Waals surface area contributed by atoms with E-state index in [1.165, 1.54) is 6.92 Å². The van der Waals surface area contributed by atoms with Crippen molar-refractivity contribution in [3.8, 4) is 0 Å². The summed E-state index contributed by atoms with van der Waals surface area (Å²) in [5.41, 5.74) is 1.99. The van der Waals surface area contributed by atoms with Crippen LogP contribution in [0, 0.1) is 6.92 Å². The second-order valence-corrected chi connectivity index (χ2v) is 7.20. The third kappa shape index (κ3) is 7.21. The summed E-state index contributed by atoms with van der Waals surface area (Å²) in [7, 11) is 0. The molecular formula is C21H30N2O5. The molecule has 7 heteroatoms. The lowest BCUT2D eigenvalue weighted by Gasteiger charge is -2.29. The molecule has 2 rings (SSSR count). The molecule has 1 aromatic carbocycles. The summed E-state index contributed by atoms with van der Waals surface area (Å²) in [5, 5.41) is 5.65. The fraction of sp³-hybridized carbons (Fsp3) is 0.571. The molecule has 1 aromatic rings. The summed E-state index contributed by atoms with van der Waals surface area (Å²) in [4.78, 5) is 35.4. The highest BCUT2D eigenvalue weighted by Crippen LogP contribution is 2.24. The number of esters is 1. The Morgan fingerprint density at radius 1 is 1.11 bits per heavy atom. The van der Waals surface area contributed by atoms with Gasteiger partial charge in [-0.3, -0.25) is 9.59 Å². The number of nitrogens with one attached hydrogen (secondary N) is 2. The van der Waals surface area contributed by atoms with Crippen molar-refractivity contribution < 1.29 is 23.9 Å². The SMILES string of the molecule is CCOC(=O)NC1CCC(OC(=O)CC(NC(C)=O)c2ccc(C)cc2)CC1. The van der Waals surface area contributed by atoms with Gasteiger partial charge in [-0.15, -0.1) is 0 Å². The Balaban J connectivity index is 1.83. The van der Waals surface area contributed by atoms with Crippen LogP contribution < -0.4 is 10.6 Å². The summed E-state index contributed by atoms with van der Waals surface area (Å²) in [5.74, 6) is -0.523. The van der Waals surface area contributed by atoms with E-state index in [-0.39, 0.29) is 30.4 Å². The molecule has 0 saturated heterocycles. The van der Waals surface area contributed by atoms with Crippen LogP contribution in [0.1, 0.15) is 63.1 Å². The fourth-order valence-electron chi connectivity index (χ4n) is 3.36. The molecule has 0 heterocycles. The lowest BCUT2D eigenvalue weighted by Crippen LogP contribution is -2.40. The molecule has 0 radical (unpaired) electrons. The van der Waals surface area contributed by atoms with Gasteiger partial charge in [0.05, 0.1) is 19.1 Å². The minimum atomic E-state index is -0.410. The Morgan fingerprint density at radius 3 is 2.32 bits per heavy atom. The number of carbonyl (C=O) groups excluding carboxylic acids is 3. The van der Waals surface area contributed by atoms with E-state index in [9.17, 15) is 14.4 Å². The molecule has 2 N–H and O–H groups in total. The minimum absolute atomic E-state index is 0.0497. The Kier molecular flexibility index (Phi) is 8.29. The zero-order chi connectivity index (χ0) is 20.5. The van der Waals surface area contributed by atoms with Gasteiger partial charge in [0.25, 0.3) is 0 Å². The largest absolute Gasteiger partial charge is 0.462 e. The van der Waals surface area contributed by atoms with Gasteiger partial charge in [0, 0.05) is 13.0 Å². The van der Waals surface area contributed by atoms with Gasteiger partial charge >= 0.3 is 12.1 Å². The highest BCUT2D eigenvalue weighted by molar-refractivity contribution is 5.76. The number of amides is 2. The second kappa shape index (κ2) is 10.7. The molecule has 0 bridgehead atoms. The lowest BCUT2D eigenvalue weighted by molar-refractivity contribution is -0.151. The van der Waals surface area contributed by atoms with Gasteiger partial charge in [-0.2, -0.15) is 0 Å². The molecule has 1 unspecified atom stereocenters. The van der Waals surface area contributed by atoms with E-state index in [1.807, 2.05) is 31.2 Å². The van der Waals surface area contributed by atoms with Crippen LogP contribution in [0.25, 0.3) is 0 Å². The number of carbonyl (C=O) groups is 3. The monoisotopic (exact) mass is 390 g/mol. The highest BCUT2D eigenvalue weighted by atomic mass is 16.5. The molecule has 2 amide bonds. The summed E-state index contributed by atoms with van der Waals surface area (Å²) >= 11 is 0. The molecule has 28 heavy (non-hydrogen) atoms. The van der Waals surface area contributed by atoms with E-state index in [1.54, 1.807) is 6.92 Å². The number of rotatable bonds is 7. The molecule has 7 nitrogen and oxygen atoms in total. The first-order chi connectivity index (χ1) is 13.4. The molecule has 1 saturated carbocycles. The number of alkyl carbamates (subject to hydrolysis) is 1. The standard InChI is InChI=1S/C21H30N2O5/c1-4-27-21(26)23-17-9-11-18(12-10-17)28-20(25)13-19(22-15(3)24)16-7-5-14(2)6-8-16/h5-8,17-19H,4,9-13H2,1-3H3,(H,22,24)(H,23,26). The van der Waals surface area contributed by atoms with Gasteiger partial charge in [0.15, 0.2) is 0 Å². The number of ether oxygens (including phenoxy) is 2. The molecule has 0 aromatic heterocycles. The average molecular weight is 390 g/mol. The number of hydrogen-bond acceptors (Lipinski definition) is 5. The Bertz CT molecular complexity index is 666. The van der Waals surface area contributed by atoms with Crippen molar-refractivity contribution in [3.05, 3.63) is 35.4 Å². The second-order valence-electron chi connectivity index (χ2n) is 7.20. The van der Waals surface area contributed by atoms with Crippen LogP contribution in [-0.4, -0.2) is 36.7 Å². The average Bonchev–Trinajstić information content (AvgIpc) is 2.63. The maximum atomic E-state index is 12.4. The molecule has 1 aliphatic rings. The van der Waals surface area contributed by atoms with Gasteiger partial charge in [-0.1, -0.05) is 29.8 Å². The number of aryl methyl sites for hydroxylation is 1. The van der Waals surface area contributed by atoms with Gasteiger partial charge in [-0.05, 0) is 45.1 Å². The van der Waals surface area contributed by atoms with Crippen molar-refractivity contribution in [1.82, 2.24) is 10.6 Å². The van der Waals surface area contributed by atoms with Crippen LogP contribution in [0.3, 0.4) is 0 Å². The molecule has 0 spiro atoms. The lowest BCUT2D eigenvalue weighted by atomic mass is 9.93. The van der Waals surface area contributed by atoms with E-state index in [0.29, 0.717) is 19.4 Å². The third-order valence-electron chi connectivity index (χ3n) is 4.80. The maximum absolute atomic E-state index is 12.4. The van der Waals surface area contributed by atoms with E-state index >= 15 is 0 Å². The van der Waals surface area contributed by atoms with Crippen LogP contribution in [0.5, 0.6) is 0 Å². The van der Waals surface area contributed by atoms with Gasteiger partial charge < -0.3 is 20.1 Å².